The molecule has 2 N–H and O–H groups in total. The molecule has 0 aliphatic carbocycles. The Bertz CT molecular complexity index is 793. The number of fused-ring (bicyclic) bond motifs is 1. The third kappa shape index (κ3) is 4.27. The van der Waals surface area contributed by atoms with Crippen LogP contribution in [-0.2, 0) is 28.6 Å². The Labute approximate surface area is 208 Å². The summed E-state index contributed by atoms with van der Waals surface area (Å²) < 4.78 is 17.1. The summed E-state index contributed by atoms with van der Waals surface area (Å²) in [5.74, 6) is -2.80. The van der Waals surface area contributed by atoms with Crippen LogP contribution in [0.15, 0.2) is 0 Å². The quantitative estimate of drug-likeness (QED) is 0.301. The topological polar surface area (TPSA) is 118 Å². The number of esters is 1. The molecule has 2 bridgehead atoms. The number of carbonyl (C=O) groups is 3. The largest absolute Gasteiger partial charge is 0.466 e. The second-order valence-electron chi connectivity index (χ2n) is 9.90. The van der Waals surface area contributed by atoms with Crippen molar-refractivity contribution in [2.75, 3.05) is 52.6 Å². The Balaban J connectivity index is 1.62. The third-order valence-corrected chi connectivity index (χ3v) is 8.52. The summed E-state index contributed by atoms with van der Waals surface area (Å²) >= 11 is 3.63. The highest BCUT2D eigenvalue weighted by Gasteiger charge is 2.77. The fraction of sp³-hybridized carbons (Fsp3) is 0.870. The van der Waals surface area contributed by atoms with E-state index in [-0.39, 0.29) is 35.8 Å². The van der Waals surface area contributed by atoms with Gasteiger partial charge >= 0.3 is 5.97 Å². The lowest BCUT2D eigenvalue weighted by atomic mass is 9.70. The Morgan fingerprint density at radius 1 is 1.32 bits per heavy atom. The fourth-order valence-electron chi connectivity index (χ4n) is 6.11. The Hall–Kier alpha value is -1.27. The minimum atomic E-state index is -1.14. The molecule has 4 heterocycles. The summed E-state index contributed by atoms with van der Waals surface area (Å²) in [4.78, 5) is 44.0. The van der Waals surface area contributed by atoms with Gasteiger partial charge in [0.05, 0.1) is 50.4 Å². The number of hydrogen-bond donors (Lipinski definition) is 2. The summed E-state index contributed by atoms with van der Waals surface area (Å²) in [6.45, 7) is 9.52. The van der Waals surface area contributed by atoms with E-state index in [9.17, 15) is 19.5 Å². The van der Waals surface area contributed by atoms with Crippen molar-refractivity contribution in [3.05, 3.63) is 0 Å². The molecule has 0 saturated carbocycles. The highest BCUT2D eigenvalue weighted by Crippen LogP contribution is 2.60. The smallest absolute Gasteiger partial charge is 0.312 e. The van der Waals surface area contributed by atoms with Gasteiger partial charge in [-0.3, -0.25) is 19.3 Å². The van der Waals surface area contributed by atoms with Gasteiger partial charge in [-0.15, -0.1) is 0 Å². The van der Waals surface area contributed by atoms with Crippen molar-refractivity contribution >= 4 is 33.7 Å². The van der Waals surface area contributed by atoms with E-state index in [4.69, 9.17) is 14.2 Å². The van der Waals surface area contributed by atoms with Crippen molar-refractivity contribution in [2.45, 2.75) is 55.8 Å². The van der Waals surface area contributed by atoms with Crippen molar-refractivity contribution in [1.29, 1.82) is 0 Å². The number of alkyl halides is 1. The first-order valence-electron chi connectivity index (χ1n) is 12.3. The highest BCUT2D eigenvalue weighted by atomic mass is 79.9. The van der Waals surface area contributed by atoms with E-state index >= 15 is 0 Å². The maximum absolute atomic E-state index is 13.8. The van der Waals surface area contributed by atoms with Crippen LogP contribution in [0.1, 0.15) is 27.2 Å². The molecule has 7 atom stereocenters. The van der Waals surface area contributed by atoms with Crippen LogP contribution < -0.4 is 5.32 Å². The summed E-state index contributed by atoms with van der Waals surface area (Å²) in [6.07, 6.45) is -0.108. The number of ether oxygens (including phenoxy) is 3. The van der Waals surface area contributed by atoms with E-state index in [0.717, 1.165) is 13.1 Å². The predicted molar refractivity (Wildman–Crippen MR) is 125 cm³/mol. The van der Waals surface area contributed by atoms with Crippen molar-refractivity contribution in [1.82, 2.24) is 15.1 Å². The molecule has 4 saturated heterocycles. The Kier molecular flexibility index (Phi) is 7.88. The van der Waals surface area contributed by atoms with Crippen LogP contribution in [0.4, 0.5) is 0 Å². The van der Waals surface area contributed by atoms with Gasteiger partial charge in [-0.2, -0.15) is 0 Å². The molecular formula is C23H36BrN3O7. The molecule has 192 valence electrons. The monoisotopic (exact) mass is 545 g/mol. The summed E-state index contributed by atoms with van der Waals surface area (Å²) in [6, 6.07) is -1.50. The van der Waals surface area contributed by atoms with Crippen LogP contribution in [0.25, 0.3) is 0 Å². The van der Waals surface area contributed by atoms with E-state index in [2.05, 4.69) is 26.1 Å². The van der Waals surface area contributed by atoms with E-state index in [0.29, 0.717) is 32.7 Å². The second-order valence-corrected chi connectivity index (χ2v) is 11.1. The number of morpholine rings is 1. The number of aliphatic hydroxyl groups excluding tert-OH is 1. The number of nitrogens with one attached hydrogen (secondary N) is 1. The van der Waals surface area contributed by atoms with Crippen molar-refractivity contribution < 1.29 is 33.7 Å². The lowest BCUT2D eigenvalue weighted by Gasteiger charge is -2.38. The first kappa shape index (κ1) is 25.8. The van der Waals surface area contributed by atoms with Gasteiger partial charge < -0.3 is 29.5 Å². The van der Waals surface area contributed by atoms with E-state index in [1.54, 1.807) is 6.92 Å². The molecule has 4 aliphatic heterocycles. The Morgan fingerprint density at radius 2 is 2.03 bits per heavy atom. The standard InChI is InChI=1S/C23H36BrN3O7/c1-4-33-22(31)16-17-21(30)27(15(12-28)13(2)3)19(23(17)11-14(24)18(16)34-23)20(29)25-5-6-26-7-9-32-10-8-26/h13-19,28H,4-12H2,1-3H3,(H,25,29)/t14?,15-,16-,17-,18-,19?,23?/m0/s1. The van der Waals surface area contributed by atoms with Crippen molar-refractivity contribution in [3.8, 4) is 0 Å². The van der Waals surface area contributed by atoms with E-state index in [1.807, 2.05) is 13.8 Å². The lowest BCUT2D eigenvalue weighted by Crippen LogP contribution is -2.59. The molecule has 1 spiro atoms. The van der Waals surface area contributed by atoms with Gasteiger partial charge in [-0.1, -0.05) is 29.8 Å². The minimum absolute atomic E-state index is 0.0918. The molecule has 4 fully saturated rings. The zero-order chi connectivity index (χ0) is 24.6. The number of nitrogens with zero attached hydrogens (tertiary/aromatic N) is 2. The molecule has 0 radical (unpaired) electrons. The minimum Gasteiger partial charge on any atom is -0.466 e. The van der Waals surface area contributed by atoms with Crippen LogP contribution in [0.2, 0.25) is 0 Å². The molecule has 0 aromatic carbocycles. The fourth-order valence-corrected chi connectivity index (χ4v) is 7.05. The first-order chi connectivity index (χ1) is 16.3. The second kappa shape index (κ2) is 10.4. The zero-order valence-electron chi connectivity index (χ0n) is 20.1. The number of rotatable bonds is 9. The van der Waals surface area contributed by atoms with Gasteiger partial charge in [0, 0.05) is 31.0 Å². The van der Waals surface area contributed by atoms with Crippen LogP contribution in [-0.4, -0.2) is 114 Å². The number of carbonyl (C=O) groups excluding carboxylic acids is 3. The number of amides is 2. The highest BCUT2D eigenvalue weighted by molar-refractivity contribution is 9.09. The number of hydrogen-bond acceptors (Lipinski definition) is 8. The zero-order valence-corrected chi connectivity index (χ0v) is 21.7. The van der Waals surface area contributed by atoms with Crippen LogP contribution in [0.3, 0.4) is 0 Å². The van der Waals surface area contributed by atoms with Gasteiger partial charge in [0.15, 0.2) is 0 Å². The normalized spacial score (nSPS) is 36.1. The summed E-state index contributed by atoms with van der Waals surface area (Å²) in [5, 5.41) is 13.2. The molecule has 11 heteroatoms. The van der Waals surface area contributed by atoms with E-state index < -0.39 is 41.6 Å². The average molecular weight is 546 g/mol. The SMILES string of the molecule is CCOC(=O)[C@H]1[C@H]2C(=O)N([C@@H](CO)C(C)C)C(C(=O)NCCN3CCOCC3)C23CC(Br)[C@@H]1O3. The van der Waals surface area contributed by atoms with Gasteiger partial charge in [-0.25, -0.2) is 0 Å². The molecule has 0 aromatic rings. The third-order valence-electron chi connectivity index (χ3n) is 7.68. The number of halogens is 1. The predicted octanol–water partition coefficient (Wildman–Crippen LogP) is -0.237. The molecule has 4 aliphatic rings. The van der Waals surface area contributed by atoms with Gasteiger partial charge in [-0.05, 0) is 19.3 Å². The Morgan fingerprint density at radius 3 is 2.65 bits per heavy atom. The number of likely N-dealkylation sites (tertiary alicyclic amines) is 1. The van der Waals surface area contributed by atoms with E-state index in [1.165, 1.54) is 4.90 Å². The maximum Gasteiger partial charge on any atom is 0.312 e. The average Bonchev–Trinajstić information content (AvgIpc) is 3.39. The molecule has 2 amide bonds. The molecule has 10 nitrogen and oxygen atoms in total. The van der Waals surface area contributed by atoms with Crippen LogP contribution in [0.5, 0.6) is 0 Å². The molecule has 0 aromatic heterocycles. The van der Waals surface area contributed by atoms with Crippen molar-refractivity contribution in [3.63, 3.8) is 0 Å². The van der Waals surface area contributed by atoms with Crippen LogP contribution >= 0.6 is 15.9 Å². The maximum atomic E-state index is 13.8. The molecule has 4 rings (SSSR count). The summed E-state index contributed by atoms with van der Waals surface area (Å²) in [5.41, 5.74) is -1.14. The van der Waals surface area contributed by atoms with Gasteiger partial charge in [0.1, 0.15) is 11.6 Å². The summed E-state index contributed by atoms with van der Waals surface area (Å²) in [7, 11) is 0. The molecule has 3 unspecified atom stereocenters. The van der Waals surface area contributed by atoms with Crippen molar-refractivity contribution in [2.24, 2.45) is 17.8 Å². The molecular weight excluding hydrogens is 510 g/mol. The lowest BCUT2D eigenvalue weighted by molar-refractivity contribution is -0.155. The first-order valence-corrected chi connectivity index (χ1v) is 13.2. The van der Waals surface area contributed by atoms with Gasteiger partial charge in [0.2, 0.25) is 11.8 Å². The van der Waals surface area contributed by atoms with Gasteiger partial charge in [0.25, 0.3) is 0 Å². The number of aliphatic hydroxyl groups is 1. The van der Waals surface area contributed by atoms with Crippen LogP contribution in [0, 0.1) is 17.8 Å². The molecule has 34 heavy (non-hydrogen) atoms.